The van der Waals surface area contributed by atoms with Crippen LogP contribution in [0.15, 0.2) is 42.5 Å². The molecule has 188 valence electrons. The Hall–Kier alpha value is -3.20. The first-order valence-corrected chi connectivity index (χ1v) is 12.5. The number of pyridine rings is 1. The lowest BCUT2D eigenvalue weighted by Gasteiger charge is -2.34. The first kappa shape index (κ1) is 24.5. The van der Waals surface area contributed by atoms with Crippen LogP contribution in [0.25, 0.3) is 10.9 Å². The molecule has 2 aliphatic heterocycles. The molecule has 5 rings (SSSR count). The van der Waals surface area contributed by atoms with Gasteiger partial charge in [-0.05, 0) is 31.3 Å². The van der Waals surface area contributed by atoms with Gasteiger partial charge in [0, 0.05) is 67.4 Å². The van der Waals surface area contributed by atoms with Crippen molar-refractivity contribution in [3.05, 3.63) is 64.3 Å². The van der Waals surface area contributed by atoms with Crippen LogP contribution in [0.1, 0.15) is 21.6 Å². The number of hydrogen-bond acceptors (Lipinski definition) is 6. The fourth-order valence-electron chi connectivity index (χ4n) is 4.96. The summed E-state index contributed by atoms with van der Waals surface area (Å²) in [5.41, 5.74) is 3.97. The predicted octanol–water partition coefficient (Wildman–Crippen LogP) is 3.28. The van der Waals surface area contributed by atoms with Crippen LogP contribution in [0, 0.1) is 0 Å². The Morgan fingerprint density at radius 1 is 1.08 bits per heavy atom. The van der Waals surface area contributed by atoms with Crippen LogP contribution < -0.4 is 10.1 Å². The second kappa shape index (κ2) is 10.4. The maximum atomic E-state index is 13.8. The number of halogens is 1. The molecule has 1 fully saturated rings. The van der Waals surface area contributed by atoms with E-state index in [1.807, 2.05) is 29.2 Å². The molecule has 36 heavy (non-hydrogen) atoms. The van der Waals surface area contributed by atoms with Crippen LogP contribution in [0.4, 0.5) is 5.69 Å². The van der Waals surface area contributed by atoms with E-state index < -0.39 is 0 Å². The van der Waals surface area contributed by atoms with E-state index in [0.29, 0.717) is 49.1 Å². The summed E-state index contributed by atoms with van der Waals surface area (Å²) >= 11 is 6.11. The van der Waals surface area contributed by atoms with Gasteiger partial charge in [-0.25, -0.2) is 0 Å². The molecule has 0 saturated carbocycles. The Morgan fingerprint density at radius 2 is 1.86 bits per heavy atom. The lowest BCUT2D eigenvalue weighted by Crippen LogP contribution is -2.47. The molecule has 2 aliphatic rings. The topological polar surface area (TPSA) is 78.0 Å². The number of ether oxygens (including phenoxy) is 1. The minimum Gasteiger partial charge on any atom is -0.495 e. The largest absolute Gasteiger partial charge is 0.495 e. The van der Waals surface area contributed by atoms with E-state index in [1.165, 1.54) is 0 Å². The third kappa shape index (κ3) is 5.02. The highest BCUT2D eigenvalue weighted by Crippen LogP contribution is 2.30. The van der Waals surface area contributed by atoms with Gasteiger partial charge in [-0.15, -0.1) is 0 Å². The van der Waals surface area contributed by atoms with E-state index in [1.54, 1.807) is 25.3 Å². The zero-order chi connectivity index (χ0) is 25.2. The summed E-state index contributed by atoms with van der Waals surface area (Å²) in [6.07, 6.45) is 0.678. The Bertz CT molecular complexity index is 1310. The molecule has 1 aromatic heterocycles. The molecule has 0 atom stereocenters. The van der Waals surface area contributed by atoms with Gasteiger partial charge in [-0.1, -0.05) is 29.8 Å². The average molecular weight is 508 g/mol. The smallest absolute Gasteiger partial charge is 0.255 e. The van der Waals surface area contributed by atoms with Gasteiger partial charge in [0.2, 0.25) is 5.91 Å². The number of methoxy groups -OCH3 is 1. The summed E-state index contributed by atoms with van der Waals surface area (Å²) in [5.74, 6) is 0.431. The molecule has 3 aromatic rings. The number of benzene rings is 2. The van der Waals surface area contributed by atoms with E-state index in [9.17, 15) is 9.59 Å². The van der Waals surface area contributed by atoms with Gasteiger partial charge < -0.3 is 19.9 Å². The predicted molar refractivity (Wildman–Crippen MR) is 141 cm³/mol. The minimum absolute atomic E-state index is 0.0490. The Morgan fingerprint density at radius 3 is 2.64 bits per heavy atom. The van der Waals surface area contributed by atoms with Crippen molar-refractivity contribution in [2.45, 2.75) is 13.0 Å². The summed E-state index contributed by atoms with van der Waals surface area (Å²) in [6, 6.07) is 13.0. The fraction of sp³-hybridized carbons (Fsp3) is 0.370. The second-order valence-corrected chi connectivity index (χ2v) is 9.81. The van der Waals surface area contributed by atoms with Crippen molar-refractivity contribution >= 4 is 40.0 Å². The van der Waals surface area contributed by atoms with Crippen molar-refractivity contribution in [3.8, 4) is 5.75 Å². The highest BCUT2D eigenvalue weighted by Gasteiger charge is 2.30. The van der Waals surface area contributed by atoms with Gasteiger partial charge in [0.25, 0.3) is 5.91 Å². The lowest BCUT2D eigenvalue weighted by atomic mass is 9.94. The fourth-order valence-corrected chi connectivity index (χ4v) is 5.14. The van der Waals surface area contributed by atoms with Crippen LogP contribution in [0.3, 0.4) is 0 Å². The van der Waals surface area contributed by atoms with E-state index in [2.05, 4.69) is 22.2 Å². The molecular formula is C27H30ClN5O3. The summed E-state index contributed by atoms with van der Waals surface area (Å²) in [7, 11) is 3.63. The molecular weight excluding hydrogens is 478 g/mol. The van der Waals surface area contributed by atoms with Crippen LogP contribution in [-0.4, -0.2) is 84.9 Å². The molecule has 8 nitrogen and oxygen atoms in total. The second-order valence-electron chi connectivity index (χ2n) is 9.38. The Kier molecular flexibility index (Phi) is 7.09. The minimum atomic E-state index is -0.167. The number of aromatic nitrogens is 1. The van der Waals surface area contributed by atoms with Crippen molar-refractivity contribution in [1.29, 1.82) is 0 Å². The van der Waals surface area contributed by atoms with E-state index in [0.717, 1.165) is 40.8 Å². The van der Waals surface area contributed by atoms with Crippen molar-refractivity contribution < 1.29 is 14.3 Å². The number of hydrogen-bond donors (Lipinski definition) is 1. The van der Waals surface area contributed by atoms with Gasteiger partial charge >= 0.3 is 0 Å². The number of carbonyl (C=O) groups is 2. The molecule has 0 aliphatic carbocycles. The quantitative estimate of drug-likeness (QED) is 0.571. The summed E-state index contributed by atoms with van der Waals surface area (Å²) < 4.78 is 5.34. The number of fused-ring (bicyclic) bond motifs is 2. The number of anilines is 1. The summed E-state index contributed by atoms with van der Waals surface area (Å²) in [5, 5.41) is 4.30. The molecule has 1 saturated heterocycles. The zero-order valence-corrected chi connectivity index (χ0v) is 21.3. The Balaban J connectivity index is 1.40. The number of piperazine rings is 1. The maximum absolute atomic E-state index is 13.8. The molecule has 1 N–H and O–H groups in total. The SMILES string of the molecule is COc1ccc(Cl)cc1NC(=O)CN1CCc2nc3ccccc3c(C(=O)N3CCN(C)CC3)c2C1. The van der Waals surface area contributed by atoms with Crippen LogP contribution in [0.2, 0.25) is 5.02 Å². The molecule has 0 bridgehead atoms. The van der Waals surface area contributed by atoms with Gasteiger partial charge in [0.05, 0.1) is 30.4 Å². The Labute approximate surface area is 215 Å². The molecule has 3 heterocycles. The first-order chi connectivity index (χ1) is 17.4. The summed E-state index contributed by atoms with van der Waals surface area (Å²) in [4.78, 5) is 37.9. The number of nitrogens with zero attached hydrogens (tertiary/aromatic N) is 4. The lowest BCUT2D eigenvalue weighted by molar-refractivity contribution is -0.117. The monoisotopic (exact) mass is 507 g/mol. The van der Waals surface area contributed by atoms with E-state index in [4.69, 9.17) is 21.3 Å². The van der Waals surface area contributed by atoms with Gasteiger partial charge in [0.15, 0.2) is 0 Å². The van der Waals surface area contributed by atoms with Crippen molar-refractivity contribution in [3.63, 3.8) is 0 Å². The van der Waals surface area contributed by atoms with Crippen molar-refractivity contribution in [2.24, 2.45) is 0 Å². The van der Waals surface area contributed by atoms with Crippen molar-refractivity contribution in [1.82, 2.24) is 19.7 Å². The number of para-hydroxylation sites is 1. The standard InChI is InChI=1S/C27H30ClN5O3/c1-31-11-13-33(14-12-31)27(35)26-19-5-3-4-6-21(19)29-22-9-10-32(16-20(22)26)17-25(34)30-23-15-18(28)7-8-24(23)36-2/h3-8,15H,9-14,16-17H2,1-2H3,(H,30,34). The number of nitrogens with one attached hydrogen (secondary N) is 1. The highest BCUT2D eigenvalue weighted by molar-refractivity contribution is 6.31. The summed E-state index contributed by atoms with van der Waals surface area (Å²) in [6.45, 7) is 4.47. The number of likely N-dealkylation sites (N-methyl/N-ethyl adjacent to an activating group) is 1. The maximum Gasteiger partial charge on any atom is 0.255 e. The van der Waals surface area contributed by atoms with E-state index in [-0.39, 0.29) is 18.4 Å². The number of amides is 2. The highest BCUT2D eigenvalue weighted by atomic mass is 35.5. The molecule has 2 aromatic carbocycles. The van der Waals surface area contributed by atoms with Gasteiger partial charge in [0.1, 0.15) is 5.75 Å². The third-order valence-electron chi connectivity index (χ3n) is 6.93. The normalized spacial score (nSPS) is 16.6. The first-order valence-electron chi connectivity index (χ1n) is 12.2. The molecule has 9 heteroatoms. The number of carbonyl (C=O) groups excluding carboxylic acids is 2. The molecule has 0 spiro atoms. The van der Waals surface area contributed by atoms with Crippen molar-refractivity contribution in [2.75, 3.05) is 58.7 Å². The average Bonchev–Trinajstić information content (AvgIpc) is 2.87. The number of rotatable bonds is 5. The zero-order valence-electron chi connectivity index (χ0n) is 20.6. The molecule has 2 amide bonds. The molecule has 0 unspecified atom stereocenters. The van der Waals surface area contributed by atoms with Gasteiger partial charge in [-0.2, -0.15) is 0 Å². The van der Waals surface area contributed by atoms with Crippen LogP contribution >= 0.6 is 11.6 Å². The third-order valence-corrected chi connectivity index (χ3v) is 7.17. The van der Waals surface area contributed by atoms with Crippen LogP contribution in [0.5, 0.6) is 5.75 Å². The van der Waals surface area contributed by atoms with E-state index >= 15 is 0 Å². The molecule has 0 radical (unpaired) electrons. The van der Waals surface area contributed by atoms with Gasteiger partial charge in [-0.3, -0.25) is 19.5 Å². The van der Waals surface area contributed by atoms with Crippen LogP contribution in [-0.2, 0) is 17.8 Å².